The molecule has 3 aromatic rings. The molecule has 1 aliphatic carbocycles. The summed E-state index contributed by atoms with van der Waals surface area (Å²) in [6.45, 7) is -1.40. The number of carbonyl (C=O) groups is 2. The summed E-state index contributed by atoms with van der Waals surface area (Å²) in [5, 5.41) is 43.6. The van der Waals surface area contributed by atoms with Crippen LogP contribution in [-0.2, 0) is 25.5 Å². The number of hydrogen-bond donors (Lipinski definition) is 5. The molecule has 1 aliphatic rings. The van der Waals surface area contributed by atoms with Gasteiger partial charge in [-0.2, -0.15) is 9.97 Å². The lowest BCUT2D eigenvalue weighted by Gasteiger charge is -2.30. The van der Waals surface area contributed by atoms with Gasteiger partial charge in [0.15, 0.2) is 29.3 Å². The van der Waals surface area contributed by atoms with Crippen molar-refractivity contribution < 1.29 is 39.5 Å². The van der Waals surface area contributed by atoms with Gasteiger partial charge in [-0.05, 0) is 30.0 Å². The van der Waals surface area contributed by atoms with E-state index in [4.69, 9.17) is 27.5 Å². The smallest absolute Gasteiger partial charge is 0.348 e. The highest BCUT2D eigenvalue weighted by molar-refractivity contribution is 6.28. The number of benzene rings is 1. The van der Waals surface area contributed by atoms with Gasteiger partial charge in [-0.25, -0.2) is 14.6 Å². The Morgan fingerprint density at radius 2 is 1.88 bits per heavy atom. The molecule has 13 nitrogen and oxygen atoms in total. The van der Waals surface area contributed by atoms with Crippen molar-refractivity contribution in [2.24, 2.45) is 0 Å². The van der Waals surface area contributed by atoms with E-state index in [9.17, 15) is 30.0 Å². The molecule has 0 radical (unpaired) electrons. The number of nitrogens with one attached hydrogen (secondary N) is 1. The van der Waals surface area contributed by atoms with Crippen molar-refractivity contribution in [1.82, 2.24) is 19.5 Å². The van der Waals surface area contributed by atoms with Gasteiger partial charge in [-0.3, -0.25) is 4.57 Å². The Balaban J connectivity index is 1.60. The highest BCUT2D eigenvalue weighted by Crippen LogP contribution is 2.29. The van der Waals surface area contributed by atoms with Crippen LogP contribution in [0.1, 0.15) is 37.5 Å². The maximum atomic E-state index is 12.1. The zero-order valence-corrected chi connectivity index (χ0v) is 22.6. The minimum absolute atomic E-state index is 0.0932. The first-order valence-corrected chi connectivity index (χ1v) is 13.3. The number of aliphatic hydroxyl groups is 2. The predicted octanol–water partition coefficient (Wildman–Crippen LogP) is 1.87. The number of hydrogen-bond acceptors (Lipinski definition) is 10. The standard InChI is InChI=1S/C27H30ClN5O8/c1-2-19(35)23(33-15-29-20-21(30-17-10-6-7-11-17)31-26(28)32-22(20)33)41-18(13-34)14-40-27(24(36)37,25(38)39)12-16-8-4-3-5-9-16/h1,3-5,8-9,15,17-19,23,34-35H,6-7,10-14H2,(H,36,37)(H,38,39)(H,30,31,32)/t18-,19+,23+/m0/s1. The zero-order valence-electron chi connectivity index (χ0n) is 21.9. The van der Waals surface area contributed by atoms with Gasteiger partial charge in [0, 0.05) is 12.5 Å². The van der Waals surface area contributed by atoms with Crippen LogP contribution in [-0.4, -0.2) is 88.9 Å². The molecule has 0 aliphatic heterocycles. The minimum Gasteiger partial charge on any atom is -0.479 e. The third-order valence-electron chi connectivity index (χ3n) is 6.84. The Hall–Kier alpha value is -3.80. The summed E-state index contributed by atoms with van der Waals surface area (Å²) in [7, 11) is 0. The maximum Gasteiger partial charge on any atom is 0.348 e. The number of ether oxygens (including phenoxy) is 2. The zero-order chi connectivity index (χ0) is 29.6. The van der Waals surface area contributed by atoms with Gasteiger partial charge < -0.3 is 35.2 Å². The lowest BCUT2D eigenvalue weighted by molar-refractivity contribution is -0.195. The normalized spacial score (nSPS) is 16.2. The van der Waals surface area contributed by atoms with Gasteiger partial charge in [-0.15, -0.1) is 6.42 Å². The molecular formula is C27H30ClN5O8. The number of terminal acetylenes is 1. The van der Waals surface area contributed by atoms with Gasteiger partial charge in [0.2, 0.25) is 5.28 Å². The number of aliphatic hydroxyl groups excluding tert-OH is 2. The molecule has 0 bridgehead atoms. The van der Waals surface area contributed by atoms with Crippen LogP contribution in [0.3, 0.4) is 0 Å². The highest BCUT2D eigenvalue weighted by atomic mass is 35.5. The number of anilines is 1. The number of halogens is 1. The van der Waals surface area contributed by atoms with Crippen molar-refractivity contribution in [3.8, 4) is 12.3 Å². The number of aromatic nitrogens is 4. The summed E-state index contributed by atoms with van der Waals surface area (Å²) in [5.41, 5.74) is -1.75. The molecule has 0 unspecified atom stereocenters. The highest BCUT2D eigenvalue weighted by Gasteiger charge is 2.49. The number of aliphatic carboxylic acids is 2. The molecule has 3 atom stereocenters. The Labute approximate surface area is 240 Å². The average molecular weight is 588 g/mol. The second-order valence-electron chi connectivity index (χ2n) is 9.64. The molecule has 41 heavy (non-hydrogen) atoms. The number of rotatable bonds is 14. The molecule has 14 heteroatoms. The fraction of sp³-hybridized carbons (Fsp3) is 0.444. The molecule has 1 aromatic carbocycles. The number of nitrogens with zero attached hydrogens (tertiary/aromatic N) is 4. The molecule has 4 rings (SSSR count). The number of fused-ring (bicyclic) bond motifs is 1. The van der Waals surface area contributed by atoms with E-state index in [1.807, 2.05) is 0 Å². The first kappa shape index (κ1) is 30.2. The second kappa shape index (κ2) is 13.2. The summed E-state index contributed by atoms with van der Waals surface area (Å²) in [6.07, 6.45) is 6.08. The first-order chi connectivity index (χ1) is 19.7. The number of carboxylic acid groups (broad SMARTS) is 2. The minimum atomic E-state index is -2.68. The molecule has 0 amide bonds. The topological polar surface area (TPSA) is 189 Å². The monoisotopic (exact) mass is 587 g/mol. The quantitative estimate of drug-likeness (QED) is 0.105. The Morgan fingerprint density at radius 3 is 2.49 bits per heavy atom. The Bertz CT molecular complexity index is 1390. The molecule has 0 saturated heterocycles. The van der Waals surface area contributed by atoms with Crippen LogP contribution in [0.2, 0.25) is 5.28 Å². The van der Waals surface area contributed by atoms with Crippen molar-refractivity contribution in [3.63, 3.8) is 0 Å². The molecule has 1 saturated carbocycles. The van der Waals surface area contributed by atoms with Crippen LogP contribution in [0.25, 0.3) is 11.2 Å². The third-order valence-corrected chi connectivity index (χ3v) is 7.01. The van der Waals surface area contributed by atoms with E-state index >= 15 is 0 Å². The summed E-state index contributed by atoms with van der Waals surface area (Å²) in [6, 6.07) is 8.29. The van der Waals surface area contributed by atoms with Gasteiger partial charge >= 0.3 is 11.9 Å². The fourth-order valence-corrected chi connectivity index (χ4v) is 4.85. The van der Waals surface area contributed by atoms with E-state index in [1.165, 1.54) is 10.9 Å². The van der Waals surface area contributed by atoms with Crippen LogP contribution in [0.15, 0.2) is 36.7 Å². The van der Waals surface area contributed by atoms with Crippen molar-refractivity contribution >= 4 is 40.5 Å². The molecule has 0 spiro atoms. The van der Waals surface area contributed by atoms with E-state index in [2.05, 4.69) is 26.2 Å². The molecule has 2 heterocycles. The molecule has 218 valence electrons. The molecule has 5 N–H and O–H groups in total. The number of carboxylic acids is 2. The fourth-order valence-electron chi connectivity index (χ4n) is 4.68. The van der Waals surface area contributed by atoms with E-state index in [1.54, 1.807) is 30.3 Å². The lowest BCUT2D eigenvalue weighted by atomic mass is 9.94. The van der Waals surface area contributed by atoms with Crippen molar-refractivity contribution in [1.29, 1.82) is 0 Å². The Kier molecular flexibility index (Phi) is 9.74. The van der Waals surface area contributed by atoms with Crippen molar-refractivity contribution in [2.45, 2.75) is 62.2 Å². The van der Waals surface area contributed by atoms with Crippen molar-refractivity contribution in [2.75, 3.05) is 18.5 Å². The van der Waals surface area contributed by atoms with Crippen LogP contribution in [0.4, 0.5) is 5.82 Å². The van der Waals surface area contributed by atoms with Crippen LogP contribution < -0.4 is 5.32 Å². The predicted molar refractivity (Wildman–Crippen MR) is 146 cm³/mol. The van der Waals surface area contributed by atoms with E-state index in [-0.39, 0.29) is 17.0 Å². The van der Waals surface area contributed by atoms with Crippen LogP contribution in [0.5, 0.6) is 0 Å². The molecule has 1 fully saturated rings. The van der Waals surface area contributed by atoms with Gasteiger partial charge in [0.05, 0.1) is 19.5 Å². The van der Waals surface area contributed by atoms with E-state index < -0.39 is 55.6 Å². The summed E-state index contributed by atoms with van der Waals surface area (Å²) in [5.74, 6) is -0.918. The Morgan fingerprint density at radius 1 is 1.20 bits per heavy atom. The van der Waals surface area contributed by atoms with Crippen molar-refractivity contribution in [3.05, 3.63) is 47.5 Å². The van der Waals surface area contributed by atoms with Crippen LogP contribution >= 0.6 is 11.6 Å². The maximum absolute atomic E-state index is 12.1. The largest absolute Gasteiger partial charge is 0.479 e. The molecular weight excluding hydrogens is 558 g/mol. The lowest BCUT2D eigenvalue weighted by Crippen LogP contribution is -2.52. The first-order valence-electron chi connectivity index (χ1n) is 12.9. The molecule has 2 aromatic heterocycles. The van der Waals surface area contributed by atoms with E-state index in [0.29, 0.717) is 16.9 Å². The SMILES string of the molecule is C#C[C@@H](O)[C@@H](O[C@@H](CO)COC(Cc1ccccc1)(C(=O)O)C(=O)O)n1cnc2c(NC3CCCC3)nc(Cl)nc21. The summed E-state index contributed by atoms with van der Waals surface area (Å²) >= 11 is 6.20. The third kappa shape index (κ3) is 6.75. The van der Waals surface area contributed by atoms with E-state index in [0.717, 1.165) is 25.7 Å². The average Bonchev–Trinajstić information content (AvgIpc) is 3.62. The summed E-state index contributed by atoms with van der Waals surface area (Å²) < 4.78 is 12.6. The van der Waals surface area contributed by atoms with Crippen LogP contribution in [0, 0.1) is 12.3 Å². The number of imidazole rings is 1. The van der Waals surface area contributed by atoms with Gasteiger partial charge in [0.1, 0.15) is 6.10 Å². The van der Waals surface area contributed by atoms with Gasteiger partial charge in [-0.1, -0.05) is 49.1 Å². The van der Waals surface area contributed by atoms with Gasteiger partial charge in [0.25, 0.3) is 5.60 Å². The summed E-state index contributed by atoms with van der Waals surface area (Å²) in [4.78, 5) is 37.1. The second-order valence-corrected chi connectivity index (χ2v) is 9.98.